The first kappa shape index (κ1) is 11.2. The second kappa shape index (κ2) is 5.19. The lowest BCUT2D eigenvalue weighted by Gasteiger charge is -2.07. The van der Waals surface area contributed by atoms with E-state index in [1.54, 1.807) is 18.3 Å². The van der Waals surface area contributed by atoms with Crippen LogP contribution in [0.1, 0.15) is 12.0 Å². The molecule has 1 aromatic rings. The summed E-state index contributed by atoms with van der Waals surface area (Å²) >= 11 is 0. The summed E-state index contributed by atoms with van der Waals surface area (Å²) in [5.74, 6) is 1.04. The molecular formula is C11H13N3OS. The van der Waals surface area contributed by atoms with Crippen LogP contribution in [0, 0.1) is 17.2 Å². The normalized spacial score (nSPS) is 21.6. The van der Waals surface area contributed by atoms with E-state index in [4.69, 9.17) is 5.26 Å². The van der Waals surface area contributed by atoms with Crippen LogP contribution in [0.15, 0.2) is 23.4 Å². The number of aromatic nitrogens is 1. The summed E-state index contributed by atoms with van der Waals surface area (Å²) in [5.41, 5.74) is 0.423. The quantitative estimate of drug-likeness (QED) is 0.836. The van der Waals surface area contributed by atoms with E-state index in [2.05, 4.69) is 10.3 Å². The van der Waals surface area contributed by atoms with Gasteiger partial charge in [-0.25, -0.2) is 4.98 Å². The summed E-state index contributed by atoms with van der Waals surface area (Å²) in [6.07, 6.45) is 2.64. The third kappa shape index (κ3) is 2.46. The smallest absolute Gasteiger partial charge is 0.144 e. The average molecular weight is 235 g/mol. The molecule has 2 atom stereocenters. The summed E-state index contributed by atoms with van der Waals surface area (Å²) in [6, 6.07) is 5.38. The van der Waals surface area contributed by atoms with Crippen molar-refractivity contribution in [2.75, 3.05) is 18.8 Å². The van der Waals surface area contributed by atoms with Crippen molar-refractivity contribution in [2.24, 2.45) is 5.92 Å². The first-order valence-corrected chi connectivity index (χ1v) is 6.57. The fourth-order valence-electron chi connectivity index (χ4n) is 1.81. The SMILES string of the molecule is N#Cc1cccnc1[S@@](=O)C[C@H]1CCNC1. The number of nitrogens with one attached hydrogen (secondary N) is 1. The molecule has 0 spiro atoms. The van der Waals surface area contributed by atoms with Gasteiger partial charge in [0, 0.05) is 11.9 Å². The van der Waals surface area contributed by atoms with E-state index in [1.165, 1.54) is 0 Å². The Morgan fingerprint density at radius 3 is 3.25 bits per heavy atom. The molecule has 0 amide bonds. The minimum Gasteiger partial charge on any atom is -0.316 e. The van der Waals surface area contributed by atoms with Gasteiger partial charge in [-0.05, 0) is 37.6 Å². The van der Waals surface area contributed by atoms with Crippen molar-refractivity contribution in [3.05, 3.63) is 23.9 Å². The van der Waals surface area contributed by atoms with Gasteiger partial charge in [0.15, 0.2) is 0 Å². The van der Waals surface area contributed by atoms with Crippen molar-refractivity contribution in [2.45, 2.75) is 11.4 Å². The molecule has 0 aromatic carbocycles. The molecule has 4 nitrogen and oxygen atoms in total. The van der Waals surface area contributed by atoms with Crippen LogP contribution in [-0.2, 0) is 10.8 Å². The Bertz CT molecular complexity index is 435. The Kier molecular flexibility index (Phi) is 3.65. The number of nitriles is 1. The van der Waals surface area contributed by atoms with Crippen LogP contribution in [0.3, 0.4) is 0 Å². The van der Waals surface area contributed by atoms with E-state index in [0.29, 0.717) is 22.3 Å². The predicted molar refractivity (Wildman–Crippen MR) is 61.2 cm³/mol. The standard InChI is InChI=1S/C11H13N3OS/c12-6-10-2-1-4-14-11(10)16(15)8-9-3-5-13-7-9/h1-2,4,9,13H,3,5,7-8H2/t9-,16-/m0/s1. The lowest BCUT2D eigenvalue weighted by Crippen LogP contribution is -2.16. The number of rotatable bonds is 3. The van der Waals surface area contributed by atoms with Gasteiger partial charge >= 0.3 is 0 Å². The fourth-order valence-corrected chi connectivity index (χ4v) is 3.21. The molecule has 16 heavy (non-hydrogen) atoms. The molecule has 0 radical (unpaired) electrons. The van der Waals surface area contributed by atoms with E-state index >= 15 is 0 Å². The van der Waals surface area contributed by atoms with Crippen molar-refractivity contribution in [1.82, 2.24) is 10.3 Å². The fraction of sp³-hybridized carbons (Fsp3) is 0.455. The topological polar surface area (TPSA) is 65.8 Å². The maximum absolute atomic E-state index is 12.1. The van der Waals surface area contributed by atoms with Crippen LogP contribution in [0.25, 0.3) is 0 Å². The van der Waals surface area contributed by atoms with Gasteiger partial charge in [-0.15, -0.1) is 0 Å². The number of pyridine rings is 1. The van der Waals surface area contributed by atoms with Crippen molar-refractivity contribution in [1.29, 1.82) is 5.26 Å². The zero-order valence-corrected chi connectivity index (χ0v) is 9.67. The Morgan fingerprint density at radius 1 is 1.69 bits per heavy atom. The number of hydrogen-bond donors (Lipinski definition) is 1. The molecule has 1 saturated heterocycles. The van der Waals surface area contributed by atoms with E-state index < -0.39 is 10.8 Å². The molecule has 0 unspecified atom stereocenters. The molecule has 0 saturated carbocycles. The Morgan fingerprint density at radius 2 is 2.56 bits per heavy atom. The first-order chi connectivity index (χ1) is 7.81. The van der Waals surface area contributed by atoms with Crippen molar-refractivity contribution >= 4 is 10.8 Å². The van der Waals surface area contributed by atoms with Crippen LogP contribution in [-0.4, -0.2) is 28.0 Å². The molecule has 1 aliphatic rings. The highest BCUT2D eigenvalue weighted by atomic mass is 32.2. The molecular weight excluding hydrogens is 222 g/mol. The van der Waals surface area contributed by atoms with Crippen LogP contribution in [0.2, 0.25) is 0 Å². The first-order valence-electron chi connectivity index (χ1n) is 5.25. The van der Waals surface area contributed by atoms with E-state index in [-0.39, 0.29) is 0 Å². The molecule has 1 aliphatic heterocycles. The Labute approximate surface area is 97.2 Å². The predicted octanol–water partition coefficient (Wildman–Crippen LogP) is 0.670. The van der Waals surface area contributed by atoms with Crippen molar-refractivity contribution in [3.8, 4) is 6.07 Å². The highest BCUT2D eigenvalue weighted by molar-refractivity contribution is 7.85. The maximum Gasteiger partial charge on any atom is 0.144 e. The monoisotopic (exact) mass is 235 g/mol. The molecule has 1 aromatic heterocycles. The van der Waals surface area contributed by atoms with Crippen molar-refractivity contribution in [3.63, 3.8) is 0 Å². The molecule has 0 aliphatic carbocycles. The van der Waals surface area contributed by atoms with Crippen LogP contribution >= 0.6 is 0 Å². The highest BCUT2D eigenvalue weighted by Gasteiger charge is 2.20. The van der Waals surface area contributed by atoms with E-state index in [0.717, 1.165) is 19.5 Å². The summed E-state index contributed by atoms with van der Waals surface area (Å²) in [7, 11) is -1.16. The summed E-state index contributed by atoms with van der Waals surface area (Å²) in [6.45, 7) is 1.91. The van der Waals surface area contributed by atoms with Gasteiger partial charge in [0.25, 0.3) is 0 Å². The van der Waals surface area contributed by atoms with Gasteiger partial charge in [-0.2, -0.15) is 5.26 Å². The third-order valence-electron chi connectivity index (χ3n) is 2.66. The molecule has 2 heterocycles. The van der Waals surface area contributed by atoms with Crippen LogP contribution < -0.4 is 5.32 Å². The maximum atomic E-state index is 12.1. The van der Waals surface area contributed by atoms with Gasteiger partial charge in [0.2, 0.25) is 0 Å². The van der Waals surface area contributed by atoms with Crippen LogP contribution in [0.4, 0.5) is 0 Å². The largest absolute Gasteiger partial charge is 0.316 e. The van der Waals surface area contributed by atoms with Crippen LogP contribution in [0.5, 0.6) is 0 Å². The summed E-state index contributed by atoms with van der Waals surface area (Å²) in [5, 5.41) is 12.6. The molecule has 5 heteroatoms. The highest BCUT2D eigenvalue weighted by Crippen LogP contribution is 2.15. The number of hydrogen-bond acceptors (Lipinski definition) is 4. The average Bonchev–Trinajstić information content (AvgIpc) is 2.81. The Balaban J connectivity index is 2.11. The van der Waals surface area contributed by atoms with Gasteiger partial charge in [-0.1, -0.05) is 0 Å². The van der Waals surface area contributed by atoms with Gasteiger partial charge in [0.05, 0.1) is 16.4 Å². The minimum atomic E-state index is -1.16. The molecule has 84 valence electrons. The second-order valence-electron chi connectivity index (χ2n) is 3.84. The second-order valence-corrected chi connectivity index (χ2v) is 5.25. The molecule has 0 bridgehead atoms. The summed E-state index contributed by atoms with van der Waals surface area (Å²) < 4.78 is 12.1. The lowest BCUT2D eigenvalue weighted by molar-refractivity contribution is 0.630. The van der Waals surface area contributed by atoms with Gasteiger partial charge in [0.1, 0.15) is 11.1 Å². The molecule has 2 rings (SSSR count). The van der Waals surface area contributed by atoms with E-state index in [9.17, 15) is 4.21 Å². The lowest BCUT2D eigenvalue weighted by atomic mass is 10.2. The zero-order valence-electron chi connectivity index (χ0n) is 8.85. The van der Waals surface area contributed by atoms with E-state index in [1.807, 2.05) is 6.07 Å². The minimum absolute atomic E-state index is 0.423. The number of nitrogens with zero attached hydrogens (tertiary/aromatic N) is 2. The van der Waals surface area contributed by atoms with Gasteiger partial charge in [-0.3, -0.25) is 4.21 Å². The molecule has 1 N–H and O–H groups in total. The Hall–Kier alpha value is -1.25. The zero-order chi connectivity index (χ0) is 11.4. The third-order valence-corrected chi connectivity index (χ3v) is 4.19. The molecule has 1 fully saturated rings. The van der Waals surface area contributed by atoms with Crippen molar-refractivity contribution < 1.29 is 4.21 Å². The van der Waals surface area contributed by atoms with Gasteiger partial charge < -0.3 is 5.32 Å². The summed E-state index contributed by atoms with van der Waals surface area (Å²) in [4.78, 5) is 4.05.